The van der Waals surface area contributed by atoms with Crippen molar-refractivity contribution in [1.82, 2.24) is 4.90 Å². The summed E-state index contributed by atoms with van der Waals surface area (Å²) in [5.41, 5.74) is 0. The summed E-state index contributed by atoms with van der Waals surface area (Å²) in [7, 11) is 1.82. The summed E-state index contributed by atoms with van der Waals surface area (Å²) < 4.78 is 39.4. The second kappa shape index (κ2) is 6.00. The summed E-state index contributed by atoms with van der Waals surface area (Å²) >= 11 is 0. The molecule has 2 saturated carbocycles. The Morgan fingerprint density at radius 2 is 1.63 bits per heavy atom. The van der Waals surface area contributed by atoms with Gasteiger partial charge in [-0.05, 0) is 39.2 Å². The van der Waals surface area contributed by atoms with E-state index in [1.54, 1.807) is 0 Å². The zero-order chi connectivity index (χ0) is 14.0. The average Bonchev–Trinajstić information content (AvgIpc) is 2.37. The molecule has 0 aromatic carbocycles. The van der Waals surface area contributed by atoms with Gasteiger partial charge in [0.25, 0.3) is 0 Å². The van der Waals surface area contributed by atoms with Crippen LogP contribution in [0.15, 0.2) is 0 Å². The standard InChI is InChI=1S/C14H24F3NO/c1-18(10-5-3-2-4-6-10)13-9-11(19)7-8-12(13)14(15,16)17/h10-13,19H,2-9H2,1H3. The first-order chi connectivity index (χ1) is 8.89. The second-order valence-corrected chi connectivity index (χ2v) is 6.14. The van der Waals surface area contributed by atoms with Gasteiger partial charge in [-0.1, -0.05) is 19.3 Å². The van der Waals surface area contributed by atoms with Crippen molar-refractivity contribution in [3.8, 4) is 0 Å². The predicted octanol–water partition coefficient (Wildman–Crippen LogP) is 3.34. The Labute approximate surface area is 113 Å². The first-order valence-electron chi connectivity index (χ1n) is 7.36. The lowest BCUT2D eigenvalue weighted by atomic mass is 9.80. The van der Waals surface area contributed by atoms with E-state index in [0.29, 0.717) is 0 Å². The molecule has 19 heavy (non-hydrogen) atoms. The molecular formula is C14H24F3NO. The molecule has 0 aliphatic heterocycles. The van der Waals surface area contributed by atoms with Gasteiger partial charge in [-0.2, -0.15) is 13.2 Å². The molecule has 3 unspecified atom stereocenters. The highest BCUT2D eigenvalue weighted by Crippen LogP contribution is 2.41. The van der Waals surface area contributed by atoms with Gasteiger partial charge in [0.1, 0.15) is 0 Å². The van der Waals surface area contributed by atoms with Crippen LogP contribution in [-0.2, 0) is 0 Å². The fourth-order valence-electron chi connectivity index (χ4n) is 3.72. The Kier molecular flexibility index (Phi) is 4.77. The van der Waals surface area contributed by atoms with E-state index in [0.717, 1.165) is 25.7 Å². The predicted molar refractivity (Wildman–Crippen MR) is 67.8 cm³/mol. The lowest BCUT2D eigenvalue weighted by molar-refractivity contribution is -0.206. The molecule has 0 amide bonds. The average molecular weight is 279 g/mol. The highest BCUT2D eigenvalue weighted by molar-refractivity contribution is 4.92. The van der Waals surface area contributed by atoms with Crippen LogP contribution in [0.4, 0.5) is 13.2 Å². The number of aliphatic hydroxyl groups excluding tert-OH is 1. The van der Waals surface area contributed by atoms with Crippen molar-refractivity contribution in [2.24, 2.45) is 5.92 Å². The van der Waals surface area contributed by atoms with Crippen LogP contribution in [0.1, 0.15) is 51.4 Å². The molecule has 1 N–H and O–H groups in total. The van der Waals surface area contributed by atoms with Crippen LogP contribution in [-0.4, -0.2) is 41.4 Å². The first-order valence-corrected chi connectivity index (χ1v) is 7.36. The van der Waals surface area contributed by atoms with Gasteiger partial charge >= 0.3 is 6.18 Å². The smallest absolute Gasteiger partial charge is 0.393 e. The largest absolute Gasteiger partial charge is 0.393 e. The van der Waals surface area contributed by atoms with E-state index in [1.807, 2.05) is 11.9 Å². The molecule has 5 heteroatoms. The van der Waals surface area contributed by atoms with Crippen molar-refractivity contribution in [1.29, 1.82) is 0 Å². The third-order valence-electron chi connectivity index (χ3n) is 4.88. The van der Waals surface area contributed by atoms with E-state index < -0.39 is 24.2 Å². The highest BCUT2D eigenvalue weighted by Gasteiger charge is 2.49. The Morgan fingerprint density at radius 3 is 2.21 bits per heavy atom. The number of rotatable bonds is 2. The number of hydrogen-bond acceptors (Lipinski definition) is 2. The summed E-state index contributed by atoms with van der Waals surface area (Å²) in [6.07, 6.45) is 1.29. The number of halogens is 3. The van der Waals surface area contributed by atoms with Crippen LogP contribution in [0.2, 0.25) is 0 Å². The maximum Gasteiger partial charge on any atom is 0.393 e. The lowest BCUT2D eigenvalue weighted by Crippen LogP contribution is -2.52. The molecule has 112 valence electrons. The molecular weight excluding hydrogens is 255 g/mol. The van der Waals surface area contributed by atoms with Crippen molar-refractivity contribution in [2.75, 3.05) is 7.05 Å². The Hall–Kier alpha value is -0.290. The Bertz CT molecular complexity index is 289. The molecule has 2 rings (SSSR count). The number of hydrogen-bond donors (Lipinski definition) is 1. The highest BCUT2D eigenvalue weighted by atomic mass is 19.4. The minimum absolute atomic E-state index is 0.0619. The Balaban J connectivity index is 2.07. The van der Waals surface area contributed by atoms with Gasteiger partial charge in [0.2, 0.25) is 0 Å². The summed E-state index contributed by atoms with van der Waals surface area (Å²) in [5, 5.41) is 9.72. The van der Waals surface area contributed by atoms with Gasteiger partial charge in [-0.3, -0.25) is 4.90 Å². The molecule has 0 saturated heterocycles. The summed E-state index contributed by atoms with van der Waals surface area (Å²) in [5.74, 6) is -1.28. The monoisotopic (exact) mass is 279 g/mol. The number of alkyl halides is 3. The van der Waals surface area contributed by atoms with Gasteiger partial charge in [0.05, 0.1) is 12.0 Å². The van der Waals surface area contributed by atoms with Crippen LogP contribution in [0.25, 0.3) is 0 Å². The molecule has 3 atom stereocenters. The molecule has 0 heterocycles. The van der Waals surface area contributed by atoms with Gasteiger partial charge in [0.15, 0.2) is 0 Å². The van der Waals surface area contributed by atoms with E-state index >= 15 is 0 Å². The van der Waals surface area contributed by atoms with Crippen LogP contribution in [0.3, 0.4) is 0 Å². The third kappa shape index (κ3) is 3.63. The van der Waals surface area contributed by atoms with Crippen LogP contribution < -0.4 is 0 Å². The first kappa shape index (κ1) is 15.1. The van der Waals surface area contributed by atoms with Crippen molar-refractivity contribution >= 4 is 0 Å². The van der Waals surface area contributed by atoms with E-state index in [4.69, 9.17) is 0 Å². The summed E-state index contributed by atoms with van der Waals surface area (Å²) in [6.45, 7) is 0. The van der Waals surface area contributed by atoms with Crippen LogP contribution in [0, 0.1) is 5.92 Å². The van der Waals surface area contributed by atoms with Gasteiger partial charge < -0.3 is 5.11 Å². The van der Waals surface area contributed by atoms with Gasteiger partial charge in [0, 0.05) is 12.1 Å². The molecule has 0 aromatic rings. The molecule has 0 spiro atoms. The van der Waals surface area contributed by atoms with E-state index in [-0.39, 0.29) is 25.3 Å². The molecule has 2 nitrogen and oxygen atoms in total. The molecule has 0 bridgehead atoms. The maximum absolute atomic E-state index is 13.1. The minimum atomic E-state index is -4.15. The molecule has 2 fully saturated rings. The molecule has 0 aromatic heterocycles. The van der Waals surface area contributed by atoms with Crippen molar-refractivity contribution in [3.05, 3.63) is 0 Å². The van der Waals surface area contributed by atoms with E-state index in [2.05, 4.69) is 0 Å². The van der Waals surface area contributed by atoms with Crippen LogP contribution >= 0.6 is 0 Å². The lowest BCUT2D eigenvalue weighted by Gasteiger charge is -2.44. The summed E-state index contributed by atoms with van der Waals surface area (Å²) in [6, 6.07) is -0.291. The van der Waals surface area contributed by atoms with Crippen molar-refractivity contribution < 1.29 is 18.3 Å². The number of aliphatic hydroxyl groups is 1. The fourth-order valence-corrected chi connectivity index (χ4v) is 3.72. The zero-order valence-corrected chi connectivity index (χ0v) is 11.5. The fraction of sp³-hybridized carbons (Fsp3) is 1.00. The maximum atomic E-state index is 13.1. The second-order valence-electron chi connectivity index (χ2n) is 6.14. The van der Waals surface area contributed by atoms with E-state index in [9.17, 15) is 18.3 Å². The Morgan fingerprint density at radius 1 is 1.00 bits per heavy atom. The van der Waals surface area contributed by atoms with Crippen LogP contribution in [0.5, 0.6) is 0 Å². The zero-order valence-electron chi connectivity index (χ0n) is 11.5. The van der Waals surface area contributed by atoms with Gasteiger partial charge in [-0.15, -0.1) is 0 Å². The van der Waals surface area contributed by atoms with Crippen molar-refractivity contribution in [2.45, 2.75) is 75.7 Å². The normalized spacial score (nSPS) is 34.7. The quantitative estimate of drug-likeness (QED) is 0.838. The third-order valence-corrected chi connectivity index (χ3v) is 4.88. The SMILES string of the molecule is CN(C1CCCCC1)C1CC(O)CCC1C(F)(F)F. The topological polar surface area (TPSA) is 23.5 Å². The van der Waals surface area contributed by atoms with E-state index in [1.165, 1.54) is 6.42 Å². The minimum Gasteiger partial charge on any atom is -0.393 e. The number of nitrogens with zero attached hydrogens (tertiary/aromatic N) is 1. The summed E-state index contributed by atoms with van der Waals surface area (Å²) in [4.78, 5) is 1.92. The molecule has 2 aliphatic carbocycles. The van der Waals surface area contributed by atoms with Crippen molar-refractivity contribution in [3.63, 3.8) is 0 Å². The molecule has 0 radical (unpaired) electrons. The molecule has 2 aliphatic rings. The van der Waals surface area contributed by atoms with Gasteiger partial charge in [-0.25, -0.2) is 0 Å².